The van der Waals surface area contributed by atoms with Gasteiger partial charge in [0.2, 0.25) is 0 Å². The van der Waals surface area contributed by atoms with Crippen molar-refractivity contribution in [3.63, 3.8) is 0 Å². The first kappa shape index (κ1) is 20.0. The topological polar surface area (TPSA) is 76.7 Å². The van der Waals surface area contributed by atoms with Crippen LogP contribution in [0.3, 0.4) is 0 Å². The molecule has 2 rings (SSSR count). The smallest absolute Gasteiger partial charge is 0.279 e. The molecule has 2 N–H and O–H groups in total. The zero-order chi connectivity index (χ0) is 19.1. The van der Waals surface area contributed by atoms with Crippen molar-refractivity contribution in [2.45, 2.75) is 26.4 Å². The lowest BCUT2D eigenvalue weighted by Gasteiger charge is -2.17. The summed E-state index contributed by atoms with van der Waals surface area (Å²) in [4.78, 5) is 24.5. The largest absolute Gasteiger partial charge is 0.496 e. The molecule has 7 heteroatoms. The van der Waals surface area contributed by atoms with Crippen molar-refractivity contribution in [3.8, 4) is 11.5 Å². The number of halogens is 1. The van der Waals surface area contributed by atoms with Gasteiger partial charge in [0, 0.05) is 5.56 Å². The lowest BCUT2D eigenvalue weighted by molar-refractivity contribution is -0.128. The monoisotopic (exact) mass is 468 g/mol. The number of amides is 2. The van der Waals surface area contributed by atoms with Crippen LogP contribution in [-0.2, 0) is 4.79 Å². The summed E-state index contributed by atoms with van der Waals surface area (Å²) in [6.45, 7) is 3.82. The van der Waals surface area contributed by atoms with Gasteiger partial charge in [-0.2, -0.15) is 0 Å². The van der Waals surface area contributed by atoms with E-state index in [2.05, 4.69) is 33.4 Å². The van der Waals surface area contributed by atoms with E-state index in [4.69, 9.17) is 9.47 Å². The fourth-order valence-corrected chi connectivity index (χ4v) is 2.92. The Morgan fingerprint density at radius 1 is 1.12 bits per heavy atom. The van der Waals surface area contributed by atoms with Crippen LogP contribution in [0.15, 0.2) is 42.5 Å². The van der Waals surface area contributed by atoms with Gasteiger partial charge in [-0.05, 0) is 66.3 Å². The molecule has 1 atom stereocenters. The zero-order valence-corrected chi connectivity index (χ0v) is 17.0. The number of hydrogen-bond acceptors (Lipinski definition) is 4. The second-order valence-electron chi connectivity index (χ2n) is 5.62. The highest BCUT2D eigenvalue weighted by Gasteiger charge is 2.19. The molecule has 2 aromatic rings. The Morgan fingerprint density at radius 2 is 1.81 bits per heavy atom. The third-order valence-corrected chi connectivity index (χ3v) is 4.52. The van der Waals surface area contributed by atoms with Crippen LogP contribution < -0.4 is 20.3 Å². The maximum Gasteiger partial charge on any atom is 0.279 e. The number of ether oxygens (including phenoxy) is 2. The van der Waals surface area contributed by atoms with Gasteiger partial charge in [-0.25, -0.2) is 0 Å². The van der Waals surface area contributed by atoms with Gasteiger partial charge in [0.25, 0.3) is 11.8 Å². The second-order valence-corrected chi connectivity index (χ2v) is 6.78. The average Bonchev–Trinajstić information content (AvgIpc) is 2.65. The molecule has 138 valence electrons. The molecule has 0 aliphatic heterocycles. The Labute approximate surface area is 166 Å². The SMILES string of the molecule is CCC(Oc1ccc(C)cc1)C(=O)NNC(=O)c1ccc(OC)c(I)c1. The Kier molecular flexibility index (Phi) is 7.26. The third kappa shape index (κ3) is 5.35. The summed E-state index contributed by atoms with van der Waals surface area (Å²) < 4.78 is 11.7. The van der Waals surface area contributed by atoms with Crippen LogP contribution in [0.2, 0.25) is 0 Å². The van der Waals surface area contributed by atoms with Gasteiger partial charge in [0.15, 0.2) is 6.10 Å². The molecule has 0 saturated carbocycles. The van der Waals surface area contributed by atoms with E-state index in [0.29, 0.717) is 23.5 Å². The van der Waals surface area contributed by atoms with E-state index in [-0.39, 0.29) is 0 Å². The maximum atomic E-state index is 12.3. The summed E-state index contributed by atoms with van der Waals surface area (Å²) >= 11 is 2.08. The highest BCUT2D eigenvalue weighted by molar-refractivity contribution is 14.1. The molecule has 0 spiro atoms. The summed E-state index contributed by atoms with van der Waals surface area (Å²) in [5.74, 6) is 0.464. The van der Waals surface area contributed by atoms with Crippen LogP contribution in [-0.4, -0.2) is 25.0 Å². The van der Waals surface area contributed by atoms with Crippen molar-refractivity contribution in [2.24, 2.45) is 0 Å². The number of benzene rings is 2. The van der Waals surface area contributed by atoms with Gasteiger partial charge in [-0.1, -0.05) is 24.6 Å². The first-order chi connectivity index (χ1) is 12.4. The molecule has 26 heavy (non-hydrogen) atoms. The fourth-order valence-electron chi connectivity index (χ4n) is 2.18. The summed E-state index contributed by atoms with van der Waals surface area (Å²) in [6, 6.07) is 12.4. The van der Waals surface area contributed by atoms with Crippen LogP contribution in [0.4, 0.5) is 0 Å². The van der Waals surface area contributed by atoms with Crippen molar-refractivity contribution < 1.29 is 19.1 Å². The first-order valence-corrected chi connectivity index (χ1v) is 9.19. The molecule has 0 fully saturated rings. The second kappa shape index (κ2) is 9.42. The summed E-state index contributed by atoms with van der Waals surface area (Å²) in [5, 5.41) is 0. The van der Waals surface area contributed by atoms with Gasteiger partial charge >= 0.3 is 0 Å². The Balaban J connectivity index is 1.94. The number of rotatable bonds is 6. The molecule has 6 nitrogen and oxygen atoms in total. The van der Waals surface area contributed by atoms with E-state index in [9.17, 15) is 9.59 Å². The van der Waals surface area contributed by atoms with Crippen molar-refractivity contribution in [2.75, 3.05) is 7.11 Å². The molecular formula is C19H21IN2O4. The maximum absolute atomic E-state index is 12.3. The summed E-state index contributed by atoms with van der Waals surface area (Å²) in [7, 11) is 1.57. The predicted molar refractivity (Wildman–Crippen MR) is 107 cm³/mol. The minimum Gasteiger partial charge on any atom is -0.496 e. The molecule has 0 aliphatic carbocycles. The van der Waals surface area contributed by atoms with Crippen molar-refractivity contribution >= 4 is 34.4 Å². The van der Waals surface area contributed by atoms with Gasteiger partial charge in [0.05, 0.1) is 10.7 Å². The molecule has 0 aliphatic rings. The highest BCUT2D eigenvalue weighted by Crippen LogP contribution is 2.21. The number of carbonyl (C=O) groups is 2. The number of hydrogen-bond donors (Lipinski definition) is 2. The Morgan fingerprint density at radius 3 is 2.38 bits per heavy atom. The molecule has 0 radical (unpaired) electrons. The van der Waals surface area contributed by atoms with Crippen LogP contribution in [0.5, 0.6) is 11.5 Å². The van der Waals surface area contributed by atoms with Gasteiger partial charge in [-0.3, -0.25) is 20.4 Å². The van der Waals surface area contributed by atoms with Gasteiger partial charge in [0.1, 0.15) is 11.5 Å². The molecule has 1 unspecified atom stereocenters. The molecular weight excluding hydrogens is 447 g/mol. The van der Waals surface area contributed by atoms with Gasteiger partial charge in [-0.15, -0.1) is 0 Å². The molecule has 0 heterocycles. The van der Waals surface area contributed by atoms with Crippen LogP contribution in [0.1, 0.15) is 29.3 Å². The number of nitrogens with one attached hydrogen (secondary N) is 2. The summed E-state index contributed by atoms with van der Waals surface area (Å²) in [6.07, 6.45) is -0.232. The molecule has 0 aromatic heterocycles. The fraction of sp³-hybridized carbons (Fsp3) is 0.263. The standard InChI is InChI=1S/C19H21IN2O4/c1-4-16(26-14-8-5-12(2)6-9-14)19(24)22-21-18(23)13-7-10-17(25-3)15(20)11-13/h5-11,16H,4H2,1-3H3,(H,21,23)(H,22,24). The average molecular weight is 468 g/mol. The minimum atomic E-state index is -0.700. The molecule has 2 amide bonds. The molecule has 2 aromatic carbocycles. The van der Waals surface area contributed by atoms with Crippen LogP contribution >= 0.6 is 22.6 Å². The van der Waals surface area contributed by atoms with E-state index in [1.807, 2.05) is 38.1 Å². The summed E-state index contributed by atoms with van der Waals surface area (Å²) in [5.41, 5.74) is 6.35. The normalized spacial score (nSPS) is 11.4. The third-order valence-electron chi connectivity index (χ3n) is 3.68. The van der Waals surface area contributed by atoms with Crippen LogP contribution in [0.25, 0.3) is 0 Å². The minimum absolute atomic E-state index is 0.412. The molecule has 0 bridgehead atoms. The van der Waals surface area contributed by atoms with Gasteiger partial charge < -0.3 is 9.47 Å². The van der Waals surface area contributed by atoms with E-state index < -0.39 is 17.9 Å². The first-order valence-electron chi connectivity index (χ1n) is 8.11. The Hall–Kier alpha value is -2.29. The predicted octanol–water partition coefficient (Wildman–Crippen LogP) is 3.23. The van der Waals surface area contributed by atoms with Crippen molar-refractivity contribution in [3.05, 3.63) is 57.2 Å². The van der Waals surface area contributed by atoms with E-state index in [1.54, 1.807) is 25.3 Å². The van der Waals surface area contributed by atoms with E-state index in [1.165, 1.54) is 0 Å². The van der Waals surface area contributed by atoms with Crippen molar-refractivity contribution in [1.29, 1.82) is 0 Å². The molecule has 0 saturated heterocycles. The van der Waals surface area contributed by atoms with E-state index in [0.717, 1.165) is 9.13 Å². The number of carbonyl (C=O) groups excluding carboxylic acids is 2. The van der Waals surface area contributed by atoms with Crippen LogP contribution in [0, 0.1) is 10.5 Å². The van der Waals surface area contributed by atoms with E-state index >= 15 is 0 Å². The lowest BCUT2D eigenvalue weighted by Crippen LogP contribution is -2.48. The van der Waals surface area contributed by atoms with Crippen molar-refractivity contribution in [1.82, 2.24) is 10.9 Å². The zero-order valence-electron chi connectivity index (χ0n) is 14.8. The lowest BCUT2D eigenvalue weighted by atomic mass is 10.2. The Bertz CT molecular complexity index is 778. The highest BCUT2D eigenvalue weighted by atomic mass is 127. The quantitative estimate of drug-likeness (QED) is 0.505. The number of aryl methyl sites for hydroxylation is 1. The number of hydrazine groups is 1. The number of methoxy groups -OCH3 is 1.